The predicted molar refractivity (Wildman–Crippen MR) is 119 cm³/mol. The van der Waals surface area contributed by atoms with Crippen LogP contribution in [-0.4, -0.2) is 76.6 Å². The molecule has 0 spiro atoms. The summed E-state index contributed by atoms with van der Waals surface area (Å²) in [6.07, 6.45) is 3.16. The number of nitrogens with zero attached hydrogens (tertiary/aromatic N) is 2. The van der Waals surface area contributed by atoms with E-state index in [1.54, 1.807) is 0 Å². The molecule has 0 radical (unpaired) electrons. The van der Waals surface area contributed by atoms with Gasteiger partial charge in [-0.25, -0.2) is 0 Å². The Morgan fingerprint density at radius 1 is 1.07 bits per heavy atom. The average Bonchev–Trinajstić information content (AvgIpc) is 2.76. The van der Waals surface area contributed by atoms with E-state index in [-0.39, 0.29) is 5.41 Å². The smallest absolute Gasteiger partial charge is 0.191 e. The number of ether oxygens (including phenoxy) is 2. The predicted octanol–water partition coefficient (Wildman–Crippen LogP) is 2.32. The number of aryl methyl sites for hydroxylation is 1. The number of nitrogens with one attached hydrogen (secondary N) is 2. The van der Waals surface area contributed by atoms with Crippen LogP contribution in [0.2, 0.25) is 0 Å². The Balaban J connectivity index is 1.59. The third kappa shape index (κ3) is 6.43. The third-order valence-corrected chi connectivity index (χ3v) is 6.10. The Morgan fingerprint density at radius 3 is 2.52 bits per heavy atom. The monoisotopic (exact) mass is 402 g/mol. The molecule has 6 nitrogen and oxygen atoms in total. The summed E-state index contributed by atoms with van der Waals surface area (Å²) in [6, 6.07) is 8.76. The minimum atomic E-state index is 0.0692. The molecule has 2 aliphatic heterocycles. The molecule has 0 atom stereocenters. The Labute approximate surface area is 176 Å². The van der Waals surface area contributed by atoms with Gasteiger partial charge in [0.25, 0.3) is 0 Å². The van der Waals surface area contributed by atoms with Crippen molar-refractivity contribution in [2.24, 2.45) is 4.99 Å². The molecule has 0 unspecified atom stereocenters. The molecule has 29 heavy (non-hydrogen) atoms. The zero-order chi connectivity index (χ0) is 20.4. The summed E-state index contributed by atoms with van der Waals surface area (Å²) in [7, 11) is 0. The first-order valence-corrected chi connectivity index (χ1v) is 11.2. The van der Waals surface area contributed by atoms with Crippen LogP contribution < -0.4 is 10.6 Å². The average molecular weight is 403 g/mol. The van der Waals surface area contributed by atoms with Crippen LogP contribution in [0.15, 0.2) is 29.3 Å². The van der Waals surface area contributed by atoms with Gasteiger partial charge in [0.15, 0.2) is 5.96 Å². The van der Waals surface area contributed by atoms with Crippen molar-refractivity contribution >= 4 is 5.96 Å². The van der Waals surface area contributed by atoms with Gasteiger partial charge in [0.2, 0.25) is 0 Å². The Kier molecular flexibility index (Phi) is 8.77. The topological polar surface area (TPSA) is 58.1 Å². The van der Waals surface area contributed by atoms with Crippen molar-refractivity contribution in [3.63, 3.8) is 0 Å². The van der Waals surface area contributed by atoms with E-state index in [2.05, 4.69) is 53.6 Å². The highest BCUT2D eigenvalue weighted by Crippen LogP contribution is 2.37. The Morgan fingerprint density at radius 2 is 1.79 bits per heavy atom. The molecule has 2 heterocycles. The van der Waals surface area contributed by atoms with Crippen molar-refractivity contribution in [1.82, 2.24) is 15.5 Å². The highest BCUT2D eigenvalue weighted by Gasteiger charge is 2.35. The number of hydrogen-bond acceptors (Lipinski definition) is 4. The van der Waals surface area contributed by atoms with Gasteiger partial charge in [-0.2, -0.15) is 0 Å². The van der Waals surface area contributed by atoms with Gasteiger partial charge in [0.1, 0.15) is 0 Å². The van der Waals surface area contributed by atoms with Crippen molar-refractivity contribution in [1.29, 1.82) is 0 Å². The van der Waals surface area contributed by atoms with Gasteiger partial charge in [-0.1, -0.05) is 24.3 Å². The van der Waals surface area contributed by atoms with E-state index >= 15 is 0 Å². The summed E-state index contributed by atoms with van der Waals surface area (Å²) >= 11 is 0. The first kappa shape index (κ1) is 22.1. The van der Waals surface area contributed by atoms with Gasteiger partial charge in [-0.3, -0.25) is 9.89 Å². The molecule has 0 aromatic heterocycles. The summed E-state index contributed by atoms with van der Waals surface area (Å²) in [5.41, 5.74) is 2.85. The zero-order valence-electron chi connectivity index (χ0n) is 18.2. The highest BCUT2D eigenvalue weighted by molar-refractivity contribution is 5.79. The van der Waals surface area contributed by atoms with E-state index in [1.807, 2.05) is 0 Å². The largest absolute Gasteiger partial charge is 0.381 e. The van der Waals surface area contributed by atoms with Crippen molar-refractivity contribution in [2.75, 3.05) is 65.7 Å². The fourth-order valence-corrected chi connectivity index (χ4v) is 4.35. The zero-order valence-corrected chi connectivity index (χ0v) is 18.2. The summed E-state index contributed by atoms with van der Waals surface area (Å²) in [4.78, 5) is 7.49. The molecule has 2 saturated heterocycles. The van der Waals surface area contributed by atoms with Gasteiger partial charge < -0.3 is 20.1 Å². The minimum Gasteiger partial charge on any atom is -0.381 e. The Hall–Kier alpha value is -1.63. The maximum atomic E-state index is 5.68. The summed E-state index contributed by atoms with van der Waals surface area (Å²) < 4.78 is 11.1. The normalized spacial score (nSPS) is 20.4. The second kappa shape index (κ2) is 11.5. The van der Waals surface area contributed by atoms with Crippen molar-refractivity contribution in [2.45, 2.75) is 38.5 Å². The molecule has 3 rings (SSSR count). The van der Waals surface area contributed by atoms with Crippen molar-refractivity contribution in [3.8, 4) is 0 Å². The number of morpholine rings is 1. The van der Waals surface area contributed by atoms with Crippen LogP contribution >= 0.6 is 0 Å². The van der Waals surface area contributed by atoms with E-state index in [0.29, 0.717) is 0 Å². The molecular formula is C23H38N4O2. The number of rotatable bonds is 8. The molecule has 6 heteroatoms. The molecule has 2 aliphatic rings. The van der Waals surface area contributed by atoms with Crippen LogP contribution in [-0.2, 0) is 14.9 Å². The molecule has 1 aromatic carbocycles. The summed E-state index contributed by atoms with van der Waals surface area (Å²) in [5, 5.41) is 6.95. The van der Waals surface area contributed by atoms with Gasteiger partial charge in [0, 0.05) is 44.8 Å². The molecule has 0 aliphatic carbocycles. The first-order valence-electron chi connectivity index (χ1n) is 11.2. The minimum absolute atomic E-state index is 0.0692. The van der Waals surface area contributed by atoms with Crippen LogP contribution in [0.25, 0.3) is 0 Å². The van der Waals surface area contributed by atoms with Gasteiger partial charge in [0.05, 0.1) is 19.8 Å². The van der Waals surface area contributed by atoms with Crippen LogP contribution in [0.4, 0.5) is 0 Å². The van der Waals surface area contributed by atoms with Crippen LogP contribution in [0, 0.1) is 6.92 Å². The lowest BCUT2D eigenvalue weighted by Gasteiger charge is -2.37. The van der Waals surface area contributed by atoms with Gasteiger partial charge >= 0.3 is 0 Å². The number of benzene rings is 1. The van der Waals surface area contributed by atoms with E-state index in [1.165, 1.54) is 11.1 Å². The van der Waals surface area contributed by atoms with E-state index in [0.717, 1.165) is 90.9 Å². The van der Waals surface area contributed by atoms with Crippen LogP contribution in [0.3, 0.4) is 0 Å². The van der Waals surface area contributed by atoms with E-state index in [4.69, 9.17) is 14.5 Å². The molecule has 0 saturated carbocycles. The maximum absolute atomic E-state index is 5.68. The van der Waals surface area contributed by atoms with E-state index in [9.17, 15) is 0 Å². The quantitative estimate of drug-likeness (QED) is 0.397. The van der Waals surface area contributed by atoms with Crippen LogP contribution in [0.5, 0.6) is 0 Å². The fraction of sp³-hybridized carbons (Fsp3) is 0.696. The van der Waals surface area contributed by atoms with Crippen molar-refractivity contribution < 1.29 is 9.47 Å². The molecule has 2 fully saturated rings. The summed E-state index contributed by atoms with van der Waals surface area (Å²) in [6.45, 7) is 13.5. The van der Waals surface area contributed by atoms with Crippen molar-refractivity contribution in [3.05, 3.63) is 35.4 Å². The standard InChI is InChI=1S/C23H38N4O2/c1-3-24-22(25-11-6-12-27-13-17-29-18-14-27)26-19-23(9-15-28-16-10-23)21-8-5-4-7-20(21)2/h4-5,7-8H,3,6,9-19H2,1-2H3,(H2,24,25,26). The molecular weight excluding hydrogens is 364 g/mol. The Bertz CT molecular complexity index is 638. The second-order valence-corrected chi connectivity index (χ2v) is 8.14. The van der Waals surface area contributed by atoms with E-state index < -0.39 is 0 Å². The maximum Gasteiger partial charge on any atom is 0.191 e. The lowest BCUT2D eigenvalue weighted by molar-refractivity contribution is 0.0376. The third-order valence-electron chi connectivity index (χ3n) is 6.10. The first-order chi connectivity index (χ1) is 14.2. The number of guanidine groups is 1. The molecule has 162 valence electrons. The second-order valence-electron chi connectivity index (χ2n) is 8.14. The molecule has 0 amide bonds. The molecule has 0 bridgehead atoms. The summed E-state index contributed by atoms with van der Waals surface area (Å²) in [5.74, 6) is 0.925. The lowest BCUT2D eigenvalue weighted by atomic mass is 9.72. The van der Waals surface area contributed by atoms with Crippen LogP contribution in [0.1, 0.15) is 37.3 Å². The fourth-order valence-electron chi connectivity index (χ4n) is 4.35. The number of aliphatic imine (C=N–C) groups is 1. The highest BCUT2D eigenvalue weighted by atomic mass is 16.5. The van der Waals surface area contributed by atoms with Gasteiger partial charge in [-0.15, -0.1) is 0 Å². The lowest BCUT2D eigenvalue weighted by Crippen LogP contribution is -2.42. The van der Waals surface area contributed by atoms with Gasteiger partial charge in [-0.05, 0) is 50.8 Å². The number of hydrogen-bond donors (Lipinski definition) is 2. The SMILES string of the molecule is CCNC(=NCC1(c2ccccc2C)CCOCC1)NCCCN1CCOCC1. The molecule has 1 aromatic rings. The molecule has 2 N–H and O–H groups in total.